The van der Waals surface area contributed by atoms with Crippen LogP contribution in [0.4, 0.5) is 0 Å². The van der Waals surface area contributed by atoms with Gasteiger partial charge in [-0.1, -0.05) is 54.1 Å². The van der Waals surface area contributed by atoms with E-state index < -0.39 is 0 Å². The third kappa shape index (κ3) is 2.34. The summed E-state index contributed by atoms with van der Waals surface area (Å²) in [6, 6.07) is 15.7. The molecule has 19 heavy (non-hydrogen) atoms. The van der Waals surface area contributed by atoms with Gasteiger partial charge in [-0.2, -0.15) is 0 Å². The van der Waals surface area contributed by atoms with Crippen LogP contribution in [-0.4, -0.2) is 5.78 Å². The molecule has 0 fully saturated rings. The predicted octanol–water partition coefficient (Wildman–Crippen LogP) is 4.40. The monoisotopic (exact) mass is 268 g/mol. The van der Waals surface area contributed by atoms with Crippen molar-refractivity contribution < 1.29 is 4.79 Å². The van der Waals surface area contributed by atoms with Crippen molar-refractivity contribution in [3.63, 3.8) is 0 Å². The average Bonchev–Trinajstić information content (AvgIpc) is 2.43. The molecule has 0 bridgehead atoms. The van der Waals surface area contributed by atoms with Gasteiger partial charge in [0, 0.05) is 17.0 Å². The van der Waals surface area contributed by atoms with Gasteiger partial charge in [-0.25, -0.2) is 0 Å². The first-order chi connectivity index (χ1) is 9.25. The number of fused-ring (bicyclic) bond motifs is 1. The number of allylic oxidation sites excluding steroid dienone is 1. The van der Waals surface area contributed by atoms with Gasteiger partial charge in [-0.05, 0) is 35.3 Å². The lowest BCUT2D eigenvalue weighted by atomic mass is 9.85. The van der Waals surface area contributed by atoms with E-state index in [9.17, 15) is 4.79 Å². The van der Waals surface area contributed by atoms with Crippen molar-refractivity contribution in [2.75, 3.05) is 0 Å². The van der Waals surface area contributed by atoms with E-state index in [1.165, 1.54) is 0 Å². The van der Waals surface area contributed by atoms with Gasteiger partial charge in [-0.3, -0.25) is 4.79 Å². The molecule has 0 heterocycles. The van der Waals surface area contributed by atoms with Crippen LogP contribution in [0.2, 0.25) is 5.02 Å². The second-order valence-electron chi connectivity index (χ2n) is 4.66. The fraction of sp³-hybridized carbons (Fsp3) is 0.118. The summed E-state index contributed by atoms with van der Waals surface area (Å²) in [4.78, 5) is 12.2. The molecule has 1 aliphatic carbocycles. The van der Waals surface area contributed by atoms with E-state index in [2.05, 4.69) is 0 Å². The first-order valence-corrected chi connectivity index (χ1v) is 6.71. The van der Waals surface area contributed by atoms with E-state index in [0.29, 0.717) is 6.42 Å². The Morgan fingerprint density at radius 1 is 0.947 bits per heavy atom. The van der Waals surface area contributed by atoms with Gasteiger partial charge in [0.2, 0.25) is 0 Å². The van der Waals surface area contributed by atoms with Crippen molar-refractivity contribution in [1.29, 1.82) is 0 Å². The van der Waals surface area contributed by atoms with E-state index in [4.69, 9.17) is 11.6 Å². The number of halogens is 1. The normalized spacial score (nSPS) is 16.5. The Hall–Kier alpha value is -1.86. The Morgan fingerprint density at radius 2 is 1.74 bits per heavy atom. The second-order valence-corrected chi connectivity index (χ2v) is 5.07. The van der Waals surface area contributed by atoms with Crippen molar-refractivity contribution in [2.24, 2.45) is 0 Å². The molecule has 0 spiro atoms. The Labute approximate surface area is 117 Å². The molecule has 3 rings (SSSR count). The molecule has 0 amide bonds. The summed E-state index contributed by atoms with van der Waals surface area (Å²) in [6.45, 7) is 0. The number of carbonyl (C=O) groups excluding carboxylic acids is 1. The molecule has 1 aliphatic rings. The SMILES string of the molecule is O=C1CCc2c(Cl)cccc2C1=Cc1ccccc1. The van der Waals surface area contributed by atoms with Crippen LogP contribution in [0.3, 0.4) is 0 Å². The third-order valence-corrected chi connectivity index (χ3v) is 3.78. The molecule has 0 atom stereocenters. The Bertz CT molecular complexity index is 656. The summed E-state index contributed by atoms with van der Waals surface area (Å²) >= 11 is 6.22. The number of carbonyl (C=O) groups is 1. The highest BCUT2D eigenvalue weighted by molar-refractivity contribution is 6.33. The van der Waals surface area contributed by atoms with Crippen LogP contribution in [0, 0.1) is 0 Å². The summed E-state index contributed by atoms with van der Waals surface area (Å²) < 4.78 is 0. The molecule has 0 aromatic heterocycles. The van der Waals surface area contributed by atoms with Gasteiger partial charge in [0.25, 0.3) is 0 Å². The van der Waals surface area contributed by atoms with Gasteiger partial charge < -0.3 is 0 Å². The van der Waals surface area contributed by atoms with Crippen LogP contribution in [-0.2, 0) is 11.2 Å². The van der Waals surface area contributed by atoms with Crippen LogP contribution in [0.25, 0.3) is 11.6 Å². The molecule has 0 saturated heterocycles. The third-order valence-electron chi connectivity index (χ3n) is 3.42. The van der Waals surface area contributed by atoms with Crippen LogP contribution >= 0.6 is 11.6 Å². The maximum absolute atomic E-state index is 12.2. The molecular formula is C17H13ClO. The molecule has 94 valence electrons. The van der Waals surface area contributed by atoms with Crippen molar-refractivity contribution in [3.05, 3.63) is 70.2 Å². The number of hydrogen-bond donors (Lipinski definition) is 0. The van der Waals surface area contributed by atoms with Crippen LogP contribution in [0.1, 0.15) is 23.1 Å². The van der Waals surface area contributed by atoms with E-state index in [1.807, 2.05) is 54.6 Å². The molecule has 0 unspecified atom stereocenters. The maximum atomic E-state index is 12.2. The molecule has 0 saturated carbocycles. The quantitative estimate of drug-likeness (QED) is 0.701. The van der Waals surface area contributed by atoms with Gasteiger partial charge in [0.1, 0.15) is 0 Å². The van der Waals surface area contributed by atoms with Crippen LogP contribution < -0.4 is 0 Å². The van der Waals surface area contributed by atoms with Gasteiger partial charge in [0.05, 0.1) is 0 Å². The highest BCUT2D eigenvalue weighted by atomic mass is 35.5. The maximum Gasteiger partial charge on any atom is 0.163 e. The predicted molar refractivity (Wildman–Crippen MR) is 79.1 cm³/mol. The standard InChI is InChI=1S/C17H13ClO/c18-16-8-4-7-13-14(16)9-10-17(19)15(13)11-12-5-2-1-3-6-12/h1-8,11H,9-10H2. The van der Waals surface area contributed by atoms with Crippen molar-refractivity contribution >= 4 is 29.0 Å². The Kier molecular flexibility index (Phi) is 3.22. The summed E-state index contributed by atoms with van der Waals surface area (Å²) in [5.41, 5.74) is 3.88. The number of ketones is 1. The molecule has 0 N–H and O–H groups in total. The number of rotatable bonds is 1. The zero-order chi connectivity index (χ0) is 13.2. The largest absolute Gasteiger partial charge is 0.294 e. The smallest absolute Gasteiger partial charge is 0.163 e. The molecular weight excluding hydrogens is 256 g/mol. The van der Waals surface area contributed by atoms with Crippen molar-refractivity contribution in [3.8, 4) is 0 Å². The minimum Gasteiger partial charge on any atom is -0.294 e. The first kappa shape index (κ1) is 12.2. The number of benzene rings is 2. The van der Waals surface area contributed by atoms with Crippen molar-refractivity contribution in [1.82, 2.24) is 0 Å². The van der Waals surface area contributed by atoms with Gasteiger partial charge in [0.15, 0.2) is 5.78 Å². The number of hydrogen-bond acceptors (Lipinski definition) is 1. The number of Topliss-reactive ketones (excluding diaryl/α,β-unsaturated/α-hetero) is 1. The van der Waals surface area contributed by atoms with E-state index >= 15 is 0 Å². The Morgan fingerprint density at radius 3 is 2.53 bits per heavy atom. The Balaban J connectivity index is 2.15. The van der Waals surface area contributed by atoms with Gasteiger partial charge in [-0.15, -0.1) is 0 Å². The summed E-state index contributed by atoms with van der Waals surface area (Å²) in [5, 5.41) is 0.754. The second kappa shape index (κ2) is 5.02. The van der Waals surface area contributed by atoms with Crippen molar-refractivity contribution in [2.45, 2.75) is 12.8 Å². The fourth-order valence-corrected chi connectivity index (χ4v) is 2.73. The molecule has 2 heteroatoms. The molecule has 0 aliphatic heterocycles. The van der Waals surface area contributed by atoms with Crippen LogP contribution in [0.15, 0.2) is 48.5 Å². The summed E-state index contributed by atoms with van der Waals surface area (Å²) in [6.07, 6.45) is 3.23. The summed E-state index contributed by atoms with van der Waals surface area (Å²) in [7, 11) is 0. The lowest BCUT2D eigenvalue weighted by molar-refractivity contribution is -0.113. The van der Waals surface area contributed by atoms with E-state index in [0.717, 1.165) is 33.7 Å². The molecule has 2 aromatic rings. The lowest BCUT2D eigenvalue weighted by Gasteiger charge is -2.19. The molecule has 0 radical (unpaired) electrons. The van der Waals surface area contributed by atoms with E-state index in [-0.39, 0.29) is 5.78 Å². The topological polar surface area (TPSA) is 17.1 Å². The minimum absolute atomic E-state index is 0.193. The minimum atomic E-state index is 0.193. The molecule has 2 aromatic carbocycles. The molecule has 1 nitrogen and oxygen atoms in total. The fourth-order valence-electron chi connectivity index (χ4n) is 2.46. The average molecular weight is 269 g/mol. The zero-order valence-corrected chi connectivity index (χ0v) is 11.2. The summed E-state index contributed by atoms with van der Waals surface area (Å²) in [5.74, 6) is 0.193. The highest BCUT2D eigenvalue weighted by Crippen LogP contribution is 2.33. The van der Waals surface area contributed by atoms with Crippen LogP contribution in [0.5, 0.6) is 0 Å². The zero-order valence-electron chi connectivity index (χ0n) is 10.4. The van der Waals surface area contributed by atoms with E-state index in [1.54, 1.807) is 0 Å². The van der Waals surface area contributed by atoms with Gasteiger partial charge >= 0.3 is 0 Å². The lowest BCUT2D eigenvalue weighted by Crippen LogP contribution is -2.12. The first-order valence-electron chi connectivity index (χ1n) is 6.33. The highest BCUT2D eigenvalue weighted by Gasteiger charge is 2.22.